The molecule has 10 heteroatoms. The molecule has 0 spiro atoms. The Morgan fingerprint density at radius 1 is 0.806 bits per heavy atom. The minimum Gasteiger partial charge on any atom is -0.507 e. The van der Waals surface area contributed by atoms with Crippen LogP contribution in [0.15, 0.2) is 71.6 Å². The van der Waals surface area contributed by atoms with E-state index in [0.29, 0.717) is 39.8 Å². The van der Waals surface area contributed by atoms with Crippen molar-refractivity contribution in [2.75, 3.05) is 26.1 Å². The van der Waals surface area contributed by atoms with Gasteiger partial charge in [-0.25, -0.2) is 23.1 Å². The molecule has 186 valence electrons. The Kier molecular flexibility index (Phi) is 6.98. The molecule has 0 radical (unpaired) electrons. The van der Waals surface area contributed by atoms with Crippen LogP contribution >= 0.6 is 0 Å². The molecule has 9 nitrogen and oxygen atoms in total. The van der Waals surface area contributed by atoms with Crippen molar-refractivity contribution in [3.8, 4) is 45.5 Å². The summed E-state index contributed by atoms with van der Waals surface area (Å²) in [6, 6.07) is 18.1. The molecule has 0 fully saturated rings. The molecule has 0 atom stereocenters. The number of aromatic nitrogens is 2. The lowest BCUT2D eigenvalue weighted by molar-refractivity contribution is 0.324. The third kappa shape index (κ3) is 5.03. The predicted molar refractivity (Wildman–Crippen MR) is 136 cm³/mol. The van der Waals surface area contributed by atoms with Gasteiger partial charge < -0.3 is 19.3 Å². The molecule has 0 aliphatic carbocycles. The normalized spacial score (nSPS) is 11.1. The molecule has 1 heterocycles. The minimum absolute atomic E-state index is 0.0145. The third-order valence-corrected chi connectivity index (χ3v) is 6.77. The van der Waals surface area contributed by atoms with Crippen molar-refractivity contribution in [2.45, 2.75) is 11.8 Å². The smallest absolute Gasteiger partial charge is 0.264 e. The highest BCUT2D eigenvalue weighted by atomic mass is 32.2. The van der Waals surface area contributed by atoms with Gasteiger partial charge in [0.05, 0.1) is 37.6 Å². The number of anilines is 1. The second-order valence-corrected chi connectivity index (χ2v) is 9.49. The van der Waals surface area contributed by atoms with Gasteiger partial charge in [-0.15, -0.1) is 0 Å². The van der Waals surface area contributed by atoms with Crippen LogP contribution in [0.3, 0.4) is 0 Å². The molecule has 3 aromatic carbocycles. The number of hydrogen-bond acceptors (Lipinski definition) is 8. The van der Waals surface area contributed by atoms with Gasteiger partial charge in [-0.1, -0.05) is 29.8 Å². The summed E-state index contributed by atoms with van der Waals surface area (Å²) in [4.78, 5) is 8.92. The number of rotatable bonds is 8. The topological polar surface area (TPSA) is 120 Å². The summed E-state index contributed by atoms with van der Waals surface area (Å²) >= 11 is 0. The van der Waals surface area contributed by atoms with Gasteiger partial charge in [-0.05, 0) is 49.4 Å². The quantitative estimate of drug-likeness (QED) is 0.354. The number of aromatic hydroxyl groups is 1. The maximum Gasteiger partial charge on any atom is 0.264 e. The van der Waals surface area contributed by atoms with E-state index in [0.717, 1.165) is 5.56 Å². The van der Waals surface area contributed by atoms with E-state index in [1.54, 1.807) is 48.5 Å². The van der Waals surface area contributed by atoms with Crippen molar-refractivity contribution < 1.29 is 27.7 Å². The second-order valence-electron chi connectivity index (χ2n) is 7.81. The molecule has 2 N–H and O–H groups in total. The van der Waals surface area contributed by atoms with Gasteiger partial charge >= 0.3 is 0 Å². The van der Waals surface area contributed by atoms with Crippen LogP contribution in [0.5, 0.6) is 23.0 Å². The number of aryl methyl sites for hydroxylation is 1. The van der Waals surface area contributed by atoms with Gasteiger partial charge in [0.25, 0.3) is 10.0 Å². The first-order chi connectivity index (χ1) is 17.2. The second kappa shape index (κ2) is 10.1. The number of phenols is 1. The molecule has 0 bridgehead atoms. The fourth-order valence-electron chi connectivity index (χ4n) is 3.59. The van der Waals surface area contributed by atoms with Crippen LogP contribution in [0.25, 0.3) is 22.5 Å². The number of para-hydroxylation sites is 1. The number of methoxy groups -OCH3 is 3. The molecular formula is C26H25N3O6S. The molecule has 4 aromatic rings. The lowest BCUT2D eigenvalue weighted by Crippen LogP contribution is -2.15. The fraction of sp³-hybridized carbons (Fsp3) is 0.154. The molecule has 0 unspecified atom stereocenters. The van der Waals surface area contributed by atoms with Gasteiger partial charge in [-0.2, -0.15) is 0 Å². The number of benzene rings is 3. The number of ether oxygens (including phenoxy) is 3. The highest BCUT2D eigenvalue weighted by Gasteiger charge is 2.20. The molecule has 0 aliphatic heterocycles. The number of phenolic OH excluding ortho intramolecular Hbond substituents is 1. The van der Waals surface area contributed by atoms with Crippen molar-refractivity contribution in [3.05, 3.63) is 72.3 Å². The molecule has 4 rings (SSSR count). The summed E-state index contributed by atoms with van der Waals surface area (Å²) in [5.74, 6) is 1.02. The maximum absolute atomic E-state index is 13.1. The Bertz CT molecular complexity index is 1480. The van der Waals surface area contributed by atoms with E-state index in [4.69, 9.17) is 14.2 Å². The summed E-state index contributed by atoms with van der Waals surface area (Å²) in [5, 5.41) is 10.4. The Morgan fingerprint density at radius 3 is 2.00 bits per heavy atom. The van der Waals surface area contributed by atoms with Gasteiger partial charge in [0.2, 0.25) is 11.7 Å². The molecule has 36 heavy (non-hydrogen) atoms. The average molecular weight is 508 g/mol. The lowest BCUT2D eigenvalue weighted by atomic mass is 10.1. The summed E-state index contributed by atoms with van der Waals surface area (Å²) in [7, 11) is 0.509. The molecule has 0 saturated heterocycles. The SMILES string of the molecule is COc1cc(-c2cc(-c3ccccc3O)nc(NS(=O)(=O)c3ccc(C)cc3)n2)cc(OC)c1OC. The van der Waals surface area contributed by atoms with Crippen molar-refractivity contribution in [3.63, 3.8) is 0 Å². The first-order valence-electron chi connectivity index (χ1n) is 10.8. The standard InChI is InChI=1S/C26H25N3O6S/c1-16-9-11-18(12-10-16)36(31,32)29-26-27-20(15-21(28-26)19-7-5-6-8-22(19)30)17-13-23(33-2)25(35-4)24(14-17)34-3/h5-15,30H,1-4H3,(H,27,28,29). The first kappa shape index (κ1) is 24.8. The van der Waals surface area contributed by atoms with Crippen molar-refractivity contribution in [1.29, 1.82) is 0 Å². The summed E-state index contributed by atoms with van der Waals surface area (Å²) in [6.07, 6.45) is 0. The predicted octanol–water partition coefficient (Wildman–Crippen LogP) is 4.65. The zero-order chi connectivity index (χ0) is 25.9. The van der Waals surface area contributed by atoms with Crippen molar-refractivity contribution in [1.82, 2.24) is 9.97 Å². The lowest BCUT2D eigenvalue weighted by Gasteiger charge is -2.15. The Morgan fingerprint density at radius 2 is 1.42 bits per heavy atom. The largest absolute Gasteiger partial charge is 0.507 e. The molecule has 0 aliphatic rings. The van der Waals surface area contributed by atoms with Gasteiger partial charge in [0.1, 0.15) is 5.75 Å². The number of nitrogens with zero attached hydrogens (tertiary/aromatic N) is 2. The maximum atomic E-state index is 13.1. The van der Waals surface area contributed by atoms with Crippen molar-refractivity contribution >= 4 is 16.0 Å². The van der Waals surface area contributed by atoms with Crippen LogP contribution in [0.2, 0.25) is 0 Å². The van der Waals surface area contributed by atoms with Crippen LogP contribution in [0.4, 0.5) is 5.95 Å². The minimum atomic E-state index is -3.98. The first-order valence-corrected chi connectivity index (χ1v) is 12.3. The van der Waals surface area contributed by atoms with Gasteiger partial charge in [0, 0.05) is 11.1 Å². The van der Waals surface area contributed by atoms with E-state index < -0.39 is 10.0 Å². The summed E-state index contributed by atoms with van der Waals surface area (Å²) in [5.41, 5.74) is 2.57. The van der Waals surface area contributed by atoms with Crippen LogP contribution in [0, 0.1) is 6.92 Å². The Labute approximate surface area is 209 Å². The summed E-state index contributed by atoms with van der Waals surface area (Å²) in [6.45, 7) is 1.87. The highest BCUT2D eigenvalue weighted by molar-refractivity contribution is 7.92. The monoisotopic (exact) mass is 507 g/mol. The van der Waals surface area contributed by atoms with Crippen LogP contribution in [0.1, 0.15) is 5.56 Å². The van der Waals surface area contributed by atoms with Crippen LogP contribution < -0.4 is 18.9 Å². The van der Waals surface area contributed by atoms with Gasteiger partial charge in [0.15, 0.2) is 11.5 Å². The fourth-order valence-corrected chi connectivity index (χ4v) is 4.54. The van der Waals surface area contributed by atoms with E-state index >= 15 is 0 Å². The van der Waals surface area contributed by atoms with E-state index in [1.165, 1.54) is 39.5 Å². The van der Waals surface area contributed by atoms with E-state index in [9.17, 15) is 13.5 Å². The number of hydrogen-bond donors (Lipinski definition) is 2. The van der Waals surface area contributed by atoms with Crippen molar-refractivity contribution in [2.24, 2.45) is 0 Å². The Balaban J connectivity index is 1.89. The molecule has 0 saturated carbocycles. The van der Waals surface area contributed by atoms with Crippen LogP contribution in [-0.4, -0.2) is 44.8 Å². The molecule has 1 aromatic heterocycles. The number of sulfonamides is 1. The van der Waals surface area contributed by atoms with E-state index in [2.05, 4.69) is 14.7 Å². The molecule has 0 amide bonds. The number of nitrogens with one attached hydrogen (secondary N) is 1. The zero-order valence-electron chi connectivity index (χ0n) is 20.1. The van der Waals surface area contributed by atoms with Crippen LogP contribution in [-0.2, 0) is 10.0 Å². The summed E-state index contributed by atoms with van der Waals surface area (Å²) < 4.78 is 44.9. The molecular weight excluding hydrogens is 482 g/mol. The van der Waals surface area contributed by atoms with E-state index in [1.807, 2.05) is 6.92 Å². The van der Waals surface area contributed by atoms with Gasteiger partial charge in [-0.3, -0.25) is 0 Å². The Hall–Kier alpha value is -4.31. The zero-order valence-corrected chi connectivity index (χ0v) is 21.0. The van der Waals surface area contributed by atoms with E-state index in [-0.39, 0.29) is 16.6 Å². The average Bonchev–Trinajstić information content (AvgIpc) is 2.87. The highest BCUT2D eigenvalue weighted by Crippen LogP contribution is 2.41. The third-order valence-electron chi connectivity index (χ3n) is 5.42.